The minimum absolute atomic E-state index is 0.142. The zero-order valence-electron chi connectivity index (χ0n) is 13.5. The maximum Gasteiger partial charge on any atom is 0.192 e. The standard InChI is InChI=1S/C16H27NO2Si/c1-15(2,3)20(5,6)19-13-16(4,12-18)17-14-10-8-7-9-11-14/h7-12,17H,13H2,1-6H3/t16-/m1/s1. The van der Waals surface area contributed by atoms with Crippen LogP contribution in [0.25, 0.3) is 0 Å². The molecule has 1 aromatic carbocycles. The van der Waals surface area contributed by atoms with Gasteiger partial charge in [-0.05, 0) is 37.2 Å². The van der Waals surface area contributed by atoms with Gasteiger partial charge in [-0.3, -0.25) is 0 Å². The van der Waals surface area contributed by atoms with Crippen LogP contribution in [0.4, 0.5) is 5.69 Å². The van der Waals surface area contributed by atoms with Gasteiger partial charge in [0.1, 0.15) is 11.8 Å². The Morgan fingerprint density at radius 1 is 1.15 bits per heavy atom. The molecule has 0 fully saturated rings. The van der Waals surface area contributed by atoms with Crippen molar-refractivity contribution >= 4 is 20.3 Å². The summed E-state index contributed by atoms with van der Waals surface area (Å²) >= 11 is 0. The highest BCUT2D eigenvalue weighted by Gasteiger charge is 2.39. The molecule has 0 heterocycles. The van der Waals surface area contributed by atoms with Crippen LogP contribution in [0, 0.1) is 0 Å². The number of nitrogens with one attached hydrogen (secondary N) is 1. The van der Waals surface area contributed by atoms with Gasteiger partial charge in [-0.25, -0.2) is 0 Å². The molecule has 0 aliphatic rings. The molecule has 0 spiro atoms. The minimum atomic E-state index is -1.85. The summed E-state index contributed by atoms with van der Waals surface area (Å²) in [6.07, 6.45) is 0.938. The summed E-state index contributed by atoms with van der Waals surface area (Å²) in [6.45, 7) is 13.2. The van der Waals surface area contributed by atoms with Crippen LogP contribution in [-0.2, 0) is 9.22 Å². The van der Waals surface area contributed by atoms with Gasteiger partial charge in [-0.1, -0.05) is 39.0 Å². The average Bonchev–Trinajstić information content (AvgIpc) is 2.36. The number of hydrogen-bond acceptors (Lipinski definition) is 3. The molecule has 0 radical (unpaired) electrons. The van der Waals surface area contributed by atoms with E-state index in [1.165, 1.54) is 0 Å². The van der Waals surface area contributed by atoms with Crippen LogP contribution in [0.5, 0.6) is 0 Å². The average molecular weight is 293 g/mol. The number of rotatable bonds is 6. The molecule has 1 N–H and O–H groups in total. The number of hydrogen-bond donors (Lipinski definition) is 1. The van der Waals surface area contributed by atoms with Crippen molar-refractivity contribution in [2.75, 3.05) is 11.9 Å². The normalized spacial score (nSPS) is 15.5. The van der Waals surface area contributed by atoms with Gasteiger partial charge in [0, 0.05) is 5.69 Å². The molecule has 20 heavy (non-hydrogen) atoms. The van der Waals surface area contributed by atoms with Crippen LogP contribution >= 0.6 is 0 Å². The van der Waals surface area contributed by atoms with Gasteiger partial charge in [0.2, 0.25) is 0 Å². The first-order valence-electron chi connectivity index (χ1n) is 7.03. The Labute approximate surface area is 123 Å². The van der Waals surface area contributed by atoms with Crippen molar-refractivity contribution in [2.45, 2.75) is 51.4 Å². The van der Waals surface area contributed by atoms with Gasteiger partial charge >= 0.3 is 0 Å². The summed E-state index contributed by atoms with van der Waals surface area (Å²) in [5.41, 5.74) is 0.234. The first kappa shape index (κ1) is 16.9. The van der Waals surface area contributed by atoms with E-state index in [0.717, 1.165) is 12.0 Å². The summed E-state index contributed by atoms with van der Waals surface area (Å²) in [7, 11) is -1.85. The SMILES string of the molecule is CC(C)(C)[Si](C)(C)OC[C@@](C)(C=O)Nc1ccccc1. The van der Waals surface area contributed by atoms with E-state index in [1.54, 1.807) is 0 Å². The fourth-order valence-corrected chi connectivity index (χ4v) is 2.59. The molecular weight excluding hydrogens is 266 g/mol. The lowest BCUT2D eigenvalue weighted by Crippen LogP contribution is -2.49. The molecule has 0 saturated heterocycles. The molecule has 0 bridgehead atoms. The molecule has 1 rings (SSSR count). The van der Waals surface area contributed by atoms with E-state index < -0.39 is 13.9 Å². The number of benzene rings is 1. The smallest absolute Gasteiger partial charge is 0.192 e. The van der Waals surface area contributed by atoms with E-state index in [0.29, 0.717) is 6.61 Å². The van der Waals surface area contributed by atoms with E-state index >= 15 is 0 Å². The fourth-order valence-electron chi connectivity index (χ4n) is 1.50. The lowest BCUT2D eigenvalue weighted by molar-refractivity contribution is -0.112. The minimum Gasteiger partial charge on any atom is -0.414 e. The quantitative estimate of drug-likeness (QED) is 0.634. The first-order chi connectivity index (χ1) is 9.10. The van der Waals surface area contributed by atoms with Crippen molar-refractivity contribution < 1.29 is 9.22 Å². The van der Waals surface area contributed by atoms with Gasteiger partial charge in [0.25, 0.3) is 0 Å². The van der Waals surface area contributed by atoms with Crippen molar-refractivity contribution in [2.24, 2.45) is 0 Å². The van der Waals surface area contributed by atoms with Gasteiger partial charge < -0.3 is 14.5 Å². The first-order valence-corrected chi connectivity index (χ1v) is 9.94. The third kappa shape index (κ3) is 4.46. The summed E-state index contributed by atoms with van der Waals surface area (Å²) in [5.74, 6) is 0. The molecule has 1 aromatic rings. The van der Waals surface area contributed by atoms with Gasteiger partial charge in [0.05, 0.1) is 6.61 Å². The van der Waals surface area contributed by atoms with E-state index in [-0.39, 0.29) is 5.04 Å². The molecule has 4 heteroatoms. The highest BCUT2D eigenvalue weighted by atomic mass is 28.4. The maximum absolute atomic E-state index is 11.5. The van der Waals surface area contributed by atoms with Crippen molar-refractivity contribution in [3.63, 3.8) is 0 Å². The summed E-state index contributed by atoms with van der Waals surface area (Å²) in [4.78, 5) is 11.5. The molecule has 1 atom stereocenters. The zero-order valence-corrected chi connectivity index (χ0v) is 14.5. The third-order valence-corrected chi connectivity index (χ3v) is 8.48. The van der Waals surface area contributed by atoms with E-state index in [4.69, 9.17) is 4.43 Å². The summed E-state index contributed by atoms with van der Waals surface area (Å²) in [5, 5.41) is 3.40. The Bertz CT molecular complexity index is 440. The van der Waals surface area contributed by atoms with Crippen LogP contribution in [-0.4, -0.2) is 26.7 Å². The zero-order chi connectivity index (χ0) is 15.4. The van der Waals surface area contributed by atoms with Gasteiger partial charge in [-0.15, -0.1) is 0 Å². The van der Waals surface area contributed by atoms with Crippen molar-refractivity contribution in [1.29, 1.82) is 0 Å². The second-order valence-corrected chi connectivity index (χ2v) is 11.9. The van der Waals surface area contributed by atoms with Crippen LogP contribution < -0.4 is 5.32 Å². The van der Waals surface area contributed by atoms with E-state index in [2.05, 4.69) is 39.2 Å². The second-order valence-electron chi connectivity index (χ2n) is 7.08. The Morgan fingerprint density at radius 3 is 2.15 bits per heavy atom. The molecule has 0 aromatic heterocycles. The summed E-state index contributed by atoms with van der Waals surface area (Å²) < 4.78 is 6.17. The van der Waals surface area contributed by atoms with Crippen LogP contribution in [0.3, 0.4) is 0 Å². The van der Waals surface area contributed by atoms with Crippen molar-refractivity contribution in [3.05, 3.63) is 30.3 Å². The molecule has 0 aliphatic heterocycles. The Balaban J connectivity index is 2.74. The maximum atomic E-state index is 11.5. The molecule has 3 nitrogen and oxygen atoms in total. The lowest BCUT2D eigenvalue weighted by atomic mass is 10.1. The largest absolute Gasteiger partial charge is 0.414 e. The molecule has 0 aliphatic carbocycles. The van der Waals surface area contributed by atoms with Crippen molar-refractivity contribution in [1.82, 2.24) is 0 Å². The van der Waals surface area contributed by atoms with Crippen molar-refractivity contribution in [3.8, 4) is 0 Å². The molecule has 0 unspecified atom stereocenters. The highest BCUT2D eigenvalue weighted by molar-refractivity contribution is 6.74. The number of aldehydes is 1. The van der Waals surface area contributed by atoms with Crippen LogP contribution in [0.1, 0.15) is 27.7 Å². The summed E-state index contributed by atoms with van der Waals surface area (Å²) in [6, 6.07) is 9.75. The monoisotopic (exact) mass is 293 g/mol. The van der Waals surface area contributed by atoms with Crippen LogP contribution in [0.15, 0.2) is 30.3 Å². The van der Waals surface area contributed by atoms with E-state index in [1.807, 2.05) is 37.3 Å². The third-order valence-electron chi connectivity index (χ3n) is 4.00. The second kappa shape index (κ2) is 6.10. The predicted octanol–water partition coefficient (Wildman–Crippen LogP) is 4.08. The van der Waals surface area contributed by atoms with Gasteiger partial charge in [-0.2, -0.15) is 0 Å². The topological polar surface area (TPSA) is 38.3 Å². The number of para-hydroxylation sites is 1. The Morgan fingerprint density at radius 2 is 1.70 bits per heavy atom. The molecular formula is C16H27NO2Si. The number of carbonyl (C=O) groups excluding carboxylic acids is 1. The predicted molar refractivity (Wildman–Crippen MR) is 87.7 cm³/mol. The molecule has 112 valence electrons. The molecule has 0 amide bonds. The number of anilines is 1. The van der Waals surface area contributed by atoms with E-state index in [9.17, 15) is 4.79 Å². The Hall–Kier alpha value is -1.13. The Kier molecular flexibility index (Phi) is 5.16. The number of carbonyl (C=O) groups is 1. The fraction of sp³-hybridized carbons (Fsp3) is 0.562. The lowest BCUT2D eigenvalue weighted by Gasteiger charge is -2.39. The highest BCUT2D eigenvalue weighted by Crippen LogP contribution is 2.37. The van der Waals surface area contributed by atoms with Gasteiger partial charge in [0.15, 0.2) is 8.32 Å². The molecule has 0 saturated carbocycles. The van der Waals surface area contributed by atoms with Crippen LogP contribution in [0.2, 0.25) is 18.1 Å².